The molecule has 10 heteroatoms. The van der Waals surface area contributed by atoms with Gasteiger partial charge in [-0.15, -0.1) is 24.8 Å². The van der Waals surface area contributed by atoms with Crippen molar-refractivity contribution in [2.75, 3.05) is 18.4 Å². The molecule has 0 spiro atoms. The second kappa shape index (κ2) is 9.71. The zero-order valence-electron chi connectivity index (χ0n) is 15.6. The first-order valence-electron chi connectivity index (χ1n) is 9.47. The number of carbonyl (C=O) groups is 1. The van der Waals surface area contributed by atoms with Crippen LogP contribution in [-0.4, -0.2) is 51.9 Å². The van der Waals surface area contributed by atoms with Gasteiger partial charge < -0.3 is 15.5 Å². The van der Waals surface area contributed by atoms with Crippen molar-refractivity contribution >= 4 is 42.2 Å². The Morgan fingerprint density at radius 3 is 2.57 bits per heavy atom. The lowest BCUT2D eigenvalue weighted by atomic mass is 9.89. The van der Waals surface area contributed by atoms with Crippen molar-refractivity contribution in [1.29, 1.82) is 0 Å². The molecule has 0 radical (unpaired) electrons. The number of nitrogens with one attached hydrogen (secondary N) is 2. The van der Waals surface area contributed by atoms with Gasteiger partial charge in [-0.25, -0.2) is 4.98 Å². The molecule has 0 aromatic carbocycles. The normalized spacial score (nSPS) is 28.2. The minimum absolute atomic E-state index is 0. The average Bonchev–Trinajstić information content (AvgIpc) is 3.22. The summed E-state index contributed by atoms with van der Waals surface area (Å²) in [6.07, 6.45) is 7.57. The zero-order chi connectivity index (χ0) is 18.1. The van der Waals surface area contributed by atoms with E-state index in [4.69, 9.17) is 0 Å². The molecule has 0 aliphatic carbocycles. The predicted octanol–water partition coefficient (Wildman–Crippen LogP) is 2.77. The van der Waals surface area contributed by atoms with Gasteiger partial charge in [0, 0.05) is 43.7 Å². The molecule has 8 nitrogen and oxygen atoms in total. The number of likely N-dealkylation sites (tertiary alicyclic amines) is 1. The maximum Gasteiger partial charge on any atom is 0.287 e. The molecule has 3 aliphatic rings. The molecule has 156 valence electrons. The van der Waals surface area contributed by atoms with Crippen LogP contribution in [-0.2, 0) is 4.79 Å². The summed E-state index contributed by atoms with van der Waals surface area (Å²) in [6, 6.07) is 4.45. The van der Waals surface area contributed by atoms with E-state index in [9.17, 15) is 14.9 Å². The topological polar surface area (TPSA) is 100 Å². The molecular weight excluding hydrogens is 405 g/mol. The second-order valence-corrected chi connectivity index (χ2v) is 7.81. The van der Waals surface area contributed by atoms with Crippen LogP contribution in [0.5, 0.6) is 0 Å². The van der Waals surface area contributed by atoms with Crippen LogP contribution in [0, 0.1) is 16.0 Å². The zero-order valence-corrected chi connectivity index (χ0v) is 17.2. The molecule has 4 rings (SSSR count). The fourth-order valence-corrected chi connectivity index (χ4v) is 4.61. The van der Waals surface area contributed by atoms with E-state index in [1.165, 1.54) is 25.1 Å². The number of piperidine rings is 1. The van der Waals surface area contributed by atoms with E-state index in [1.807, 2.05) is 4.90 Å². The van der Waals surface area contributed by atoms with E-state index in [2.05, 4.69) is 15.6 Å². The number of nitro groups is 1. The fraction of sp³-hybridized carbons (Fsp3) is 0.667. The minimum Gasteiger partial charge on any atom is -0.365 e. The molecule has 1 aromatic heterocycles. The van der Waals surface area contributed by atoms with E-state index in [1.54, 1.807) is 6.07 Å². The molecule has 2 bridgehead atoms. The molecule has 3 fully saturated rings. The molecule has 1 amide bonds. The number of aromatic nitrogens is 1. The van der Waals surface area contributed by atoms with E-state index in [0.717, 1.165) is 25.8 Å². The Hall–Kier alpha value is -1.64. The van der Waals surface area contributed by atoms with Crippen LogP contribution in [0.3, 0.4) is 0 Å². The van der Waals surface area contributed by atoms with Gasteiger partial charge in [-0.3, -0.25) is 14.9 Å². The Labute approximate surface area is 176 Å². The minimum atomic E-state index is -0.459. The Morgan fingerprint density at radius 2 is 1.96 bits per heavy atom. The summed E-state index contributed by atoms with van der Waals surface area (Å²) in [6.45, 7) is 1.44. The van der Waals surface area contributed by atoms with E-state index < -0.39 is 4.92 Å². The lowest BCUT2D eigenvalue weighted by molar-refractivity contribution is -0.385. The highest BCUT2D eigenvalue weighted by atomic mass is 35.5. The van der Waals surface area contributed by atoms with Crippen molar-refractivity contribution in [2.45, 2.75) is 56.7 Å². The van der Waals surface area contributed by atoms with E-state index in [-0.39, 0.29) is 42.5 Å². The Kier molecular flexibility index (Phi) is 7.86. The van der Waals surface area contributed by atoms with Gasteiger partial charge in [0.2, 0.25) is 5.91 Å². The van der Waals surface area contributed by atoms with Crippen LogP contribution in [0.25, 0.3) is 0 Å². The quantitative estimate of drug-likeness (QED) is 0.548. The lowest BCUT2D eigenvalue weighted by Gasteiger charge is -2.30. The maximum atomic E-state index is 12.7. The number of fused-ring (bicyclic) bond motifs is 2. The summed E-state index contributed by atoms with van der Waals surface area (Å²) in [5.41, 5.74) is -0.0188. The van der Waals surface area contributed by atoms with Gasteiger partial charge in [0.1, 0.15) is 12.0 Å². The number of amides is 1. The average molecular weight is 432 g/mol. The van der Waals surface area contributed by atoms with Gasteiger partial charge in [-0.1, -0.05) is 0 Å². The van der Waals surface area contributed by atoms with Crippen LogP contribution in [0.2, 0.25) is 0 Å². The van der Waals surface area contributed by atoms with Gasteiger partial charge in [-0.2, -0.15) is 0 Å². The van der Waals surface area contributed by atoms with Gasteiger partial charge in [0.05, 0.1) is 4.92 Å². The smallest absolute Gasteiger partial charge is 0.287 e. The maximum absolute atomic E-state index is 12.7. The number of anilines is 1. The first kappa shape index (κ1) is 22.6. The number of hydrogen-bond acceptors (Lipinski definition) is 6. The first-order chi connectivity index (χ1) is 12.6. The molecule has 3 unspecified atom stereocenters. The van der Waals surface area contributed by atoms with Crippen LogP contribution in [0.15, 0.2) is 18.3 Å². The monoisotopic (exact) mass is 431 g/mol. The third-order valence-corrected chi connectivity index (χ3v) is 5.89. The molecule has 2 N–H and O–H groups in total. The van der Waals surface area contributed by atoms with Crippen molar-refractivity contribution in [2.24, 2.45) is 5.92 Å². The Bertz CT molecular complexity index is 678. The third-order valence-electron chi connectivity index (χ3n) is 5.89. The number of nitrogens with zero attached hydrogens (tertiary/aromatic N) is 3. The Morgan fingerprint density at radius 1 is 1.25 bits per heavy atom. The van der Waals surface area contributed by atoms with Gasteiger partial charge >= 0.3 is 0 Å². The number of pyridine rings is 1. The van der Waals surface area contributed by atoms with E-state index in [0.29, 0.717) is 36.8 Å². The summed E-state index contributed by atoms with van der Waals surface area (Å²) in [5.74, 6) is 1.40. The highest BCUT2D eigenvalue weighted by Gasteiger charge is 2.35. The highest BCUT2D eigenvalue weighted by Crippen LogP contribution is 2.33. The first-order valence-corrected chi connectivity index (χ1v) is 9.47. The summed E-state index contributed by atoms with van der Waals surface area (Å²) in [4.78, 5) is 28.9. The number of halogens is 2. The fourth-order valence-electron chi connectivity index (χ4n) is 4.61. The molecule has 1 aromatic rings. The molecule has 3 saturated heterocycles. The number of hydrogen-bond donors (Lipinski definition) is 2. The molecule has 0 saturated carbocycles. The standard InChI is InChI=1S/C18H25N5O3.2ClH/c24-18(9-12-7-13-1-2-14(8-12)20-13)22-6-5-15(11-22)21-17-4-3-16(10-19-17)23(25)26;;/h3-4,10,12-15,20H,1-2,5-9,11H2,(H,19,21);2*1H. The van der Waals surface area contributed by atoms with Crippen molar-refractivity contribution in [3.8, 4) is 0 Å². The number of carbonyl (C=O) groups excluding carboxylic acids is 1. The summed E-state index contributed by atoms with van der Waals surface area (Å²) < 4.78 is 0. The summed E-state index contributed by atoms with van der Waals surface area (Å²) in [5, 5.41) is 17.6. The molecular formula is C18H27Cl2N5O3. The highest BCUT2D eigenvalue weighted by molar-refractivity contribution is 5.85. The van der Waals surface area contributed by atoms with Crippen molar-refractivity contribution in [3.05, 3.63) is 28.4 Å². The van der Waals surface area contributed by atoms with Crippen LogP contribution >= 0.6 is 24.8 Å². The van der Waals surface area contributed by atoms with Gasteiger partial charge in [0.15, 0.2) is 0 Å². The number of rotatable bonds is 5. The van der Waals surface area contributed by atoms with Crippen LogP contribution in [0.1, 0.15) is 38.5 Å². The second-order valence-electron chi connectivity index (χ2n) is 7.81. The van der Waals surface area contributed by atoms with Crippen LogP contribution in [0.4, 0.5) is 11.5 Å². The molecule has 4 heterocycles. The van der Waals surface area contributed by atoms with Crippen molar-refractivity contribution in [3.63, 3.8) is 0 Å². The van der Waals surface area contributed by atoms with Gasteiger partial charge in [0.25, 0.3) is 5.69 Å². The molecule has 3 aliphatic heterocycles. The van der Waals surface area contributed by atoms with Crippen molar-refractivity contribution < 1.29 is 9.72 Å². The van der Waals surface area contributed by atoms with Crippen molar-refractivity contribution in [1.82, 2.24) is 15.2 Å². The predicted molar refractivity (Wildman–Crippen MR) is 111 cm³/mol. The summed E-state index contributed by atoms with van der Waals surface area (Å²) in [7, 11) is 0. The molecule has 3 atom stereocenters. The summed E-state index contributed by atoms with van der Waals surface area (Å²) >= 11 is 0. The lowest BCUT2D eigenvalue weighted by Crippen LogP contribution is -2.40. The Balaban J connectivity index is 0.00000140. The third kappa shape index (κ3) is 5.24. The molecule has 28 heavy (non-hydrogen) atoms. The van der Waals surface area contributed by atoms with Crippen LogP contribution < -0.4 is 10.6 Å². The largest absolute Gasteiger partial charge is 0.365 e. The van der Waals surface area contributed by atoms with Gasteiger partial charge in [-0.05, 0) is 44.1 Å². The van der Waals surface area contributed by atoms with E-state index >= 15 is 0 Å². The SMILES string of the molecule is Cl.Cl.O=C(CC1CC2CCC(C1)N2)N1CCC(Nc2ccc([N+](=O)[O-])cn2)C1.